The van der Waals surface area contributed by atoms with Crippen molar-refractivity contribution in [1.82, 2.24) is 19.4 Å². The SMILES string of the molecule is COc1ccc(CC(=O)N2CCCN(C(C)C)CCN(C(=O)CCn3c(C)cc(C)nc3=O)Cc3cccc(C)c32)cc1. The third kappa shape index (κ3) is 8.10. The minimum Gasteiger partial charge on any atom is -0.497 e. The summed E-state index contributed by atoms with van der Waals surface area (Å²) in [5.41, 5.74) is 4.88. The topological polar surface area (TPSA) is 88.0 Å². The molecule has 43 heavy (non-hydrogen) atoms. The summed E-state index contributed by atoms with van der Waals surface area (Å²) in [4.78, 5) is 50.4. The van der Waals surface area contributed by atoms with Gasteiger partial charge in [-0.05, 0) is 75.9 Å². The molecule has 0 saturated heterocycles. The number of para-hydroxylation sites is 1. The summed E-state index contributed by atoms with van der Waals surface area (Å²) in [6.07, 6.45) is 1.28. The number of fused-ring (bicyclic) bond motifs is 1. The van der Waals surface area contributed by atoms with E-state index in [0.717, 1.165) is 53.3 Å². The van der Waals surface area contributed by atoms with Crippen LogP contribution in [-0.4, -0.2) is 70.5 Å². The lowest BCUT2D eigenvalue weighted by Crippen LogP contribution is -2.42. The molecular weight excluding hydrogens is 542 g/mol. The quantitative estimate of drug-likeness (QED) is 0.410. The molecule has 0 fully saturated rings. The molecule has 0 N–H and O–H groups in total. The van der Waals surface area contributed by atoms with E-state index in [0.29, 0.717) is 31.4 Å². The Morgan fingerprint density at radius 3 is 2.37 bits per heavy atom. The van der Waals surface area contributed by atoms with Crippen molar-refractivity contribution in [2.24, 2.45) is 0 Å². The molecular formula is C34H45N5O4. The molecule has 2 amide bonds. The van der Waals surface area contributed by atoms with Crippen molar-refractivity contribution in [3.63, 3.8) is 0 Å². The molecule has 0 aliphatic carbocycles. The third-order valence-corrected chi connectivity index (χ3v) is 8.23. The normalized spacial score (nSPS) is 14.8. The number of aromatic nitrogens is 2. The lowest BCUT2D eigenvalue weighted by Gasteiger charge is -2.30. The van der Waals surface area contributed by atoms with Crippen molar-refractivity contribution < 1.29 is 14.3 Å². The Hall–Kier alpha value is -3.98. The van der Waals surface area contributed by atoms with E-state index in [4.69, 9.17) is 4.74 Å². The van der Waals surface area contributed by atoms with Crippen LogP contribution in [0, 0.1) is 20.8 Å². The molecule has 0 atom stereocenters. The van der Waals surface area contributed by atoms with Gasteiger partial charge in [-0.25, -0.2) is 4.79 Å². The fraction of sp³-hybridized carbons (Fsp3) is 0.471. The van der Waals surface area contributed by atoms with Gasteiger partial charge in [0.2, 0.25) is 11.8 Å². The Labute approximate surface area is 255 Å². The van der Waals surface area contributed by atoms with Gasteiger partial charge in [0.15, 0.2) is 0 Å². The van der Waals surface area contributed by atoms with Crippen LogP contribution in [0.1, 0.15) is 54.8 Å². The lowest BCUT2D eigenvalue weighted by molar-refractivity contribution is -0.132. The zero-order chi connectivity index (χ0) is 31.1. The van der Waals surface area contributed by atoms with Crippen LogP contribution in [0.5, 0.6) is 5.75 Å². The third-order valence-electron chi connectivity index (χ3n) is 8.23. The number of rotatable bonds is 7. The number of amides is 2. The second-order valence-electron chi connectivity index (χ2n) is 11.7. The molecule has 2 aromatic carbocycles. The van der Waals surface area contributed by atoms with Crippen molar-refractivity contribution in [2.45, 2.75) is 73.0 Å². The largest absolute Gasteiger partial charge is 0.497 e. The number of anilines is 1. The Morgan fingerprint density at radius 1 is 0.953 bits per heavy atom. The summed E-state index contributed by atoms with van der Waals surface area (Å²) >= 11 is 0. The van der Waals surface area contributed by atoms with Crippen LogP contribution in [0.4, 0.5) is 5.69 Å². The maximum Gasteiger partial charge on any atom is 0.347 e. The van der Waals surface area contributed by atoms with Gasteiger partial charge in [-0.2, -0.15) is 4.98 Å². The van der Waals surface area contributed by atoms with Crippen molar-refractivity contribution in [3.8, 4) is 5.75 Å². The predicted octanol–water partition coefficient (Wildman–Crippen LogP) is 4.29. The number of hydrogen-bond donors (Lipinski definition) is 0. The van der Waals surface area contributed by atoms with Gasteiger partial charge in [0, 0.05) is 63.1 Å². The maximum atomic E-state index is 13.9. The molecule has 0 spiro atoms. The summed E-state index contributed by atoms with van der Waals surface area (Å²) in [5.74, 6) is 0.749. The number of nitrogens with zero attached hydrogens (tertiary/aromatic N) is 5. The van der Waals surface area contributed by atoms with Crippen LogP contribution in [0.3, 0.4) is 0 Å². The van der Waals surface area contributed by atoms with Gasteiger partial charge in [0.05, 0.1) is 19.2 Å². The lowest BCUT2D eigenvalue weighted by atomic mass is 10.0. The molecule has 1 aliphatic rings. The molecule has 4 rings (SSSR count). The first-order chi connectivity index (χ1) is 20.6. The fourth-order valence-corrected chi connectivity index (χ4v) is 5.83. The molecule has 2 heterocycles. The number of ether oxygens (including phenoxy) is 1. The second kappa shape index (κ2) is 14.5. The van der Waals surface area contributed by atoms with Gasteiger partial charge in [-0.1, -0.05) is 30.3 Å². The van der Waals surface area contributed by atoms with Gasteiger partial charge in [-0.15, -0.1) is 0 Å². The number of methoxy groups -OCH3 is 1. The van der Waals surface area contributed by atoms with Crippen molar-refractivity contribution in [1.29, 1.82) is 0 Å². The highest BCUT2D eigenvalue weighted by Gasteiger charge is 2.26. The highest BCUT2D eigenvalue weighted by atomic mass is 16.5. The molecule has 9 heteroatoms. The summed E-state index contributed by atoms with van der Waals surface area (Å²) < 4.78 is 6.85. The monoisotopic (exact) mass is 587 g/mol. The van der Waals surface area contributed by atoms with Gasteiger partial charge in [0.1, 0.15) is 5.75 Å². The highest BCUT2D eigenvalue weighted by Crippen LogP contribution is 2.29. The first kappa shape index (κ1) is 31.9. The zero-order valence-electron chi connectivity index (χ0n) is 26.4. The maximum absolute atomic E-state index is 13.9. The Morgan fingerprint density at radius 2 is 1.70 bits per heavy atom. The van der Waals surface area contributed by atoms with E-state index in [-0.39, 0.29) is 36.9 Å². The van der Waals surface area contributed by atoms with E-state index in [1.165, 1.54) is 0 Å². The van der Waals surface area contributed by atoms with Gasteiger partial charge >= 0.3 is 5.69 Å². The highest BCUT2D eigenvalue weighted by molar-refractivity contribution is 5.96. The van der Waals surface area contributed by atoms with Crippen LogP contribution < -0.4 is 15.3 Å². The number of carbonyl (C=O) groups excluding carboxylic acids is 2. The number of carbonyl (C=O) groups is 2. The zero-order valence-corrected chi connectivity index (χ0v) is 26.4. The van der Waals surface area contributed by atoms with E-state index >= 15 is 0 Å². The summed E-state index contributed by atoms with van der Waals surface area (Å²) in [7, 11) is 1.63. The van der Waals surface area contributed by atoms with Gasteiger partial charge in [-0.3, -0.25) is 19.1 Å². The van der Waals surface area contributed by atoms with E-state index in [2.05, 4.69) is 23.7 Å². The van der Waals surface area contributed by atoms with Crippen LogP contribution in [0.2, 0.25) is 0 Å². The van der Waals surface area contributed by atoms with E-state index in [1.807, 2.05) is 72.2 Å². The van der Waals surface area contributed by atoms with Crippen molar-refractivity contribution in [2.75, 3.05) is 38.2 Å². The molecule has 0 radical (unpaired) electrons. The summed E-state index contributed by atoms with van der Waals surface area (Å²) in [5, 5.41) is 0. The number of benzene rings is 2. The summed E-state index contributed by atoms with van der Waals surface area (Å²) in [6.45, 7) is 13.4. The molecule has 1 aliphatic heterocycles. The van der Waals surface area contributed by atoms with E-state index < -0.39 is 0 Å². The van der Waals surface area contributed by atoms with E-state index in [9.17, 15) is 14.4 Å². The molecule has 9 nitrogen and oxygen atoms in total. The number of hydrogen-bond acceptors (Lipinski definition) is 6. The Bertz CT molecular complexity index is 1480. The Balaban J connectivity index is 1.64. The first-order valence-electron chi connectivity index (χ1n) is 15.2. The average Bonchev–Trinajstić information content (AvgIpc) is 2.99. The van der Waals surface area contributed by atoms with Gasteiger partial charge < -0.3 is 14.5 Å². The molecule has 0 saturated carbocycles. The average molecular weight is 588 g/mol. The minimum absolute atomic E-state index is 0.0238. The standard InChI is InChI=1S/C34H45N5O4/c1-24(2)36-16-8-17-39(32(41)22-28-11-13-30(43-6)14-12-28)33-25(3)9-7-10-29(33)23-37(20-19-36)31(40)15-18-38-27(5)21-26(4)35-34(38)42/h7,9-14,21,24H,8,15-20,22-23H2,1-6H3. The number of aryl methyl sites for hydroxylation is 3. The van der Waals surface area contributed by atoms with Crippen LogP contribution >= 0.6 is 0 Å². The molecule has 0 unspecified atom stereocenters. The second-order valence-corrected chi connectivity index (χ2v) is 11.7. The summed E-state index contributed by atoms with van der Waals surface area (Å²) in [6, 6.07) is 15.8. The minimum atomic E-state index is -0.333. The molecule has 1 aromatic heterocycles. The fourth-order valence-electron chi connectivity index (χ4n) is 5.83. The molecule has 0 bridgehead atoms. The Kier molecular flexibility index (Phi) is 10.7. The van der Waals surface area contributed by atoms with Crippen molar-refractivity contribution >= 4 is 17.5 Å². The van der Waals surface area contributed by atoms with Crippen LogP contribution in [0.15, 0.2) is 53.3 Å². The molecule has 230 valence electrons. The van der Waals surface area contributed by atoms with Gasteiger partial charge in [0.25, 0.3) is 0 Å². The first-order valence-corrected chi connectivity index (χ1v) is 15.2. The van der Waals surface area contributed by atoms with Crippen LogP contribution in [0.25, 0.3) is 0 Å². The predicted molar refractivity (Wildman–Crippen MR) is 170 cm³/mol. The van der Waals surface area contributed by atoms with Crippen LogP contribution in [-0.2, 0) is 29.1 Å². The van der Waals surface area contributed by atoms with Crippen molar-refractivity contribution in [3.05, 3.63) is 87.1 Å². The molecule has 3 aromatic rings. The van der Waals surface area contributed by atoms with E-state index in [1.54, 1.807) is 18.6 Å². The smallest absolute Gasteiger partial charge is 0.347 e.